The van der Waals surface area contributed by atoms with Crippen molar-refractivity contribution in [2.24, 2.45) is 0 Å². The topological polar surface area (TPSA) is 175 Å². The van der Waals surface area contributed by atoms with E-state index in [9.17, 15) is 23.1 Å². The lowest BCUT2D eigenvalue weighted by atomic mass is 10.1. The van der Waals surface area contributed by atoms with Gasteiger partial charge < -0.3 is 24.4 Å². The molecule has 4 rings (SSSR count). The first kappa shape index (κ1) is 26.5. The second kappa shape index (κ2) is 10.8. The van der Waals surface area contributed by atoms with E-state index in [0.29, 0.717) is 25.3 Å². The number of aromatic nitrogens is 3. The van der Waals surface area contributed by atoms with Crippen LogP contribution in [0.3, 0.4) is 0 Å². The number of carboxylic acids is 1. The predicted octanol–water partition coefficient (Wildman–Crippen LogP) is 2.62. The molecule has 4 aromatic rings. The fourth-order valence-corrected chi connectivity index (χ4v) is 4.91. The van der Waals surface area contributed by atoms with Crippen LogP contribution in [0.1, 0.15) is 34.8 Å². The first-order chi connectivity index (χ1) is 18.1. The lowest BCUT2D eigenvalue weighted by molar-refractivity contribution is -0.120. The highest BCUT2D eigenvalue weighted by atomic mass is 32.2. The molecule has 0 saturated heterocycles. The molecule has 2 aromatic heterocycles. The van der Waals surface area contributed by atoms with Crippen LogP contribution >= 0.6 is 0 Å². The zero-order chi connectivity index (χ0) is 27.4. The normalized spacial score (nSPS) is 11.3. The maximum atomic E-state index is 13.2. The molecule has 1 amide bonds. The molecule has 13 nitrogen and oxygen atoms in total. The third-order valence-corrected chi connectivity index (χ3v) is 6.95. The summed E-state index contributed by atoms with van der Waals surface area (Å²) in [5.74, 6) is -1.24. The maximum Gasteiger partial charge on any atom is 0.335 e. The van der Waals surface area contributed by atoms with Crippen LogP contribution in [-0.2, 0) is 27.9 Å². The molecule has 0 atom stereocenters. The van der Waals surface area contributed by atoms with E-state index in [-0.39, 0.29) is 38.9 Å². The number of benzene rings is 2. The number of fused-ring (bicyclic) bond motifs is 1. The van der Waals surface area contributed by atoms with Gasteiger partial charge in [0.05, 0.1) is 32.5 Å². The Bertz CT molecular complexity index is 1610. The Morgan fingerprint density at radius 3 is 2.55 bits per heavy atom. The number of carbonyl (C=O) groups is 2. The summed E-state index contributed by atoms with van der Waals surface area (Å²) >= 11 is 0. The molecule has 200 valence electrons. The average Bonchev–Trinajstić information content (AvgIpc) is 3.52. The molecule has 0 bridgehead atoms. The van der Waals surface area contributed by atoms with Crippen LogP contribution in [0.4, 0.5) is 5.82 Å². The van der Waals surface area contributed by atoms with Crippen LogP contribution in [-0.4, -0.2) is 54.6 Å². The molecule has 0 spiro atoms. The van der Waals surface area contributed by atoms with Gasteiger partial charge in [0.15, 0.2) is 11.4 Å². The molecule has 0 aliphatic carbocycles. The van der Waals surface area contributed by atoms with Crippen molar-refractivity contribution in [3.63, 3.8) is 0 Å². The molecule has 0 unspecified atom stereocenters. The summed E-state index contributed by atoms with van der Waals surface area (Å²) < 4.78 is 46.4. The Hall–Kier alpha value is -4.59. The Balaban J connectivity index is 1.62. The van der Waals surface area contributed by atoms with Crippen molar-refractivity contribution in [1.82, 2.24) is 20.3 Å². The Morgan fingerprint density at radius 1 is 1.11 bits per heavy atom. The van der Waals surface area contributed by atoms with E-state index < -0.39 is 16.0 Å². The number of hydrogen-bond acceptors (Lipinski definition) is 9. The largest absolute Gasteiger partial charge is 0.496 e. The summed E-state index contributed by atoms with van der Waals surface area (Å²) in [7, 11) is -1.63. The number of hydrogen-bond donors (Lipinski definition) is 3. The minimum Gasteiger partial charge on any atom is -0.496 e. The SMILES string of the molecule is CCC(=O)NCc1cnn(Cc2cc(OC)c3c(NS(=O)(=O)c4cc(C(=O)O)ccc4OC)noc3c2)c1. The van der Waals surface area contributed by atoms with Crippen molar-refractivity contribution >= 4 is 38.7 Å². The number of nitrogens with one attached hydrogen (secondary N) is 2. The predicted molar refractivity (Wildman–Crippen MR) is 135 cm³/mol. The zero-order valence-corrected chi connectivity index (χ0v) is 21.5. The van der Waals surface area contributed by atoms with E-state index in [1.807, 2.05) is 0 Å². The molecule has 0 saturated carbocycles. The van der Waals surface area contributed by atoms with Crippen molar-refractivity contribution < 1.29 is 37.1 Å². The van der Waals surface area contributed by atoms with E-state index >= 15 is 0 Å². The first-order valence-corrected chi connectivity index (χ1v) is 12.8. The van der Waals surface area contributed by atoms with Gasteiger partial charge in [-0.15, -0.1) is 0 Å². The number of methoxy groups -OCH3 is 2. The fourth-order valence-electron chi connectivity index (χ4n) is 3.71. The molecule has 2 heterocycles. The summed E-state index contributed by atoms with van der Waals surface area (Å²) in [5.41, 5.74) is 1.60. The summed E-state index contributed by atoms with van der Waals surface area (Å²) in [6.07, 6.45) is 3.84. The van der Waals surface area contributed by atoms with E-state index in [1.165, 1.54) is 26.4 Å². The van der Waals surface area contributed by atoms with E-state index in [1.54, 1.807) is 36.1 Å². The fraction of sp³-hybridized carbons (Fsp3) is 0.250. The van der Waals surface area contributed by atoms with Crippen molar-refractivity contribution in [3.05, 3.63) is 59.4 Å². The monoisotopic (exact) mass is 543 g/mol. The van der Waals surface area contributed by atoms with Crippen molar-refractivity contribution in [3.8, 4) is 11.5 Å². The summed E-state index contributed by atoms with van der Waals surface area (Å²) in [6.45, 7) is 2.48. The highest BCUT2D eigenvalue weighted by molar-refractivity contribution is 7.92. The quantitative estimate of drug-likeness (QED) is 0.255. The maximum absolute atomic E-state index is 13.2. The van der Waals surface area contributed by atoms with E-state index in [4.69, 9.17) is 14.0 Å². The van der Waals surface area contributed by atoms with Gasteiger partial charge in [0.1, 0.15) is 21.8 Å². The highest BCUT2D eigenvalue weighted by Crippen LogP contribution is 2.36. The zero-order valence-electron chi connectivity index (χ0n) is 20.7. The van der Waals surface area contributed by atoms with Gasteiger partial charge in [0.2, 0.25) is 5.91 Å². The minimum absolute atomic E-state index is 0.0441. The van der Waals surface area contributed by atoms with Gasteiger partial charge in [-0.3, -0.25) is 14.2 Å². The second-order valence-electron chi connectivity index (χ2n) is 8.16. The molecule has 0 aliphatic heterocycles. The van der Waals surface area contributed by atoms with Gasteiger partial charge in [-0.1, -0.05) is 12.1 Å². The molecule has 14 heteroatoms. The minimum atomic E-state index is -4.33. The molecule has 0 radical (unpaired) electrons. The second-order valence-corrected chi connectivity index (χ2v) is 9.81. The number of nitrogens with zero attached hydrogens (tertiary/aromatic N) is 3. The summed E-state index contributed by atoms with van der Waals surface area (Å²) in [4.78, 5) is 22.5. The standard InChI is InChI=1S/C24H25N5O8S/c1-4-21(30)25-10-15-11-26-29(13-15)12-14-7-18(36-3)22-19(8-14)37-27-23(22)28-38(33,34)20-9-16(24(31)32)5-6-17(20)35-2/h5-9,11,13H,4,10,12H2,1-3H3,(H,25,30)(H,27,28)(H,31,32). The molecule has 3 N–H and O–H groups in total. The smallest absolute Gasteiger partial charge is 0.335 e. The Labute approximate surface area is 217 Å². The number of anilines is 1. The van der Waals surface area contributed by atoms with Gasteiger partial charge >= 0.3 is 5.97 Å². The summed E-state index contributed by atoms with van der Waals surface area (Å²) in [5, 5.41) is 20.5. The Kier molecular flexibility index (Phi) is 7.52. The van der Waals surface area contributed by atoms with Crippen LogP contribution in [0.25, 0.3) is 11.0 Å². The van der Waals surface area contributed by atoms with Crippen LogP contribution in [0.5, 0.6) is 11.5 Å². The number of amides is 1. The van der Waals surface area contributed by atoms with Gasteiger partial charge in [0, 0.05) is 24.7 Å². The molecule has 38 heavy (non-hydrogen) atoms. The van der Waals surface area contributed by atoms with Crippen LogP contribution in [0.15, 0.2) is 52.1 Å². The van der Waals surface area contributed by atoms with Gasteiger partial charge in [0.25, 0.3) is 10.0 Å². The molecule has 0 fully saturated rings. The van der Waals surface area contributed by atoms with Crippen LogP contribution in [0.2, 0.25) is 0 Å². The summed E-state index contributed by atoms with van der Waals surface area (Å²) in [6, 6.07) is 6.86. The van der Waals surface area contributed by atoms with Gasteiger partial charge in [-0.25, -0.2) is 13.2 Å². The van der Waals surface area contributed by atoms with E-state index in [0.717, 1.165) is 17.2 Å². The lowest BCUT2D eigenvalue weighted by Gasteiger charge is -2.12. The number of sulfonamides is 1. The number of rotatable bonds is 11. The van der Waals surface area contributed by atoms with Crippen molar-refractivity contribution in [2.75, 3.05) is 18.9 Å². The first-order valence-electron chi connectivity index (χ1n) is 11.3. The Morgan fingerprint density at radius 2 is 1.87 bits per heavy atom. The third kappa shape index (κ3) is 5.54. The molecule has 2 aromatic carbocycles. The molecular weight excluding hydrogens is 518 g/mol. The number of aromatic carboxylic acids is 1. The highest BCUT2D eigenvalue weighted by Gasteiger charge is 2.26. The molecular formula is C24H25N5O8S. The van der Waals surface area contributed by atoms with Gasteiger partial charge in [-0.05, 0) is 35.9 Å². The molecule has 0 aliphatic rings. The number of carbonyl (C=O) groups excluding carboxylic acids is 1. The van der Waals surface area contributed by atoms with Crippen LogP contribution < -0.4 is 19.5 Å². The van der Waals surface area contributed by atoms with Crippen molar-refractivity contribution in [1.29, 1.82) is 0 Å². The number of ether oxygens (including phenoxy) is 2. The van der Waals surface area contributed by atoms with Gasteiger partial charge in [-0.2, -0.15) is 5.10 Å². The lowest BCUT2D eigenvalue weighted by Crippen LogP contribution is -2.21. The van der Waals surface area contributed by atoms with E-state index in [2.05, 4.69) is 20.3 Å². The average molecular weight is 544 g/mol. The number of carboxylic acid groups (broad SMARTS) is 1. The van der Waals surface area contributed by atoms with Crippen molar-refractivity contribution in [2.45, 2.75) is 31.3 Å². The van der Waals surface area contributed by atoms with Crippen LogP contribution in [0, 0.1) is 0 Å². The third-order valence-electron chi connectivity index (χ3n) is 5.59.